The van der Waals surface area contributed by atoms with E-state index in [0.717, 1.165) is 12.8 Å². The van der Waals surface area contributed by atoms with E-state index in [1.165, 1.54) is 10.8 Å². The van der Waals surface area contributed by atoms with Gasteiger partial charge in [0.05, 0.1) is 6.20 Å². The molecular weight excluding hydrogens is 218 g/mol. The van der Waals surface area contributed by atoms with E-state index in [4.69, 9.17) is 10.8 Å². The van der Waals surface area contributed by atoms with Crippen molar-refractivity contribution in [1.29, 1.82) is 0 Å². The number of fused-ring (bicyclic) bond motifs is 1. The summed E-state index contributed by atoms with van der Waals surface area (Å²) in [6.07, 6.45) is 8.34. The summed E-state index contributed by atoms with van der Waals surface area (Å²) >= 11 is 0. The summed E-state index contributed by atoms with van der Waals surface area (Å²) in [5, 5.41) is 0. The Morgan fingerprint density at radius 2 is 2.24 bits per heavy atom. The van der Waals surface area contributed by atoms with Crippen molar-refractivity contribution in [2.45, 2.75) is 32.7 Å². The Bertz CT molecular complexity index is 629. The molecule has 2 aromatic heterocycles. The quantitative estimate of drug-likeness (QED) is 0.755. The molecule has 0 aromatic carbocycles. The van der Waals surface area contributed by atoms with Gasteiger partial charge in [-0.15, -0.1) is 6.42 Å². The van der Waals surface area contributed by atoms with Crippen LogP contribution in [-0.4, -0.2) is 14.5 Å². The summed E-state index contributed by atoms with van der Waals surface area (Å²) in [5.41, 5.74) is 1.07. The van der Waals surface area contributed by atoms with E-state index in [-0.39, 0.29) is 11.8 Å². The van der Waals surface area contributed by atoms with Gasteiger partial charge in [-0.2, -0.15) is 0 Å². The van der Waals surface area contributed by atoms with Gasteiger partial charge >= 0.3 is 5.76 Å². The fraction of sp³-hybridized carbons (Fsp3) is 0.417. The van der Waals surface area contributed by atoms with Crippen LogP contribution in [0.1, 0.15) is 38.4 Å². The van der Waals surface area contributed by atoms with Crippen molar-refractivity contribution in [3.63, 3.8) is 0 Å². The highest BCUT2D eigenvalue weighted by Crippen LogP contribution is 2.18. The molecule has 5 heteroatoms. The van der Waals surface area contributed by atoms with E-state index < -0.39 is 5.76 Å². The molecule has 0 spiro atoms. The van der Waals surface area contributed by atoms with Crippen molar-refractivity contribution < 1.29 is 4.42 Å². The number of oxazole rings is 1. The molecule has 0 unspecified atom stereocenters. The molecule has 2 heterocycles. The first-order chi connectivity index (χ1) is 8.21. The first-order valence-electron chi connectivity index (χ1n) is 5.55. The summed E-state index contributed by atoms with van der Waals surface area (Å²) in [7, 11) is 0. The largest absolute Gasteiger partial charge is 0.422 e. The molecule has 0 bridgehead atoms. The van der Waals surface area contributed by atoms with Gasteiger partial charge in [-0.05, 0) is 18.8 Å². The average molecular weight is 231 g/mol. The van der Waals surface area contributed by atoms with Gasteiger partial charge in [-0.1, -0.05) is 13.8 Å². The number of terminal acetylenes is 1. The molecule has 0 N–H and O–H groups in total. The van der Waals surface area contributed by atoms with Crippen molar-refractivity contribution in [3.8, 4) is 12.3 Å². The van der Waals surface area contributed by atoms with Crippen LogP contribution in [0.4, 0.5) is 0 Å². The molecule has 0 fully saturated rings. The highest BCUT2D eigenvalue weighted by molar-refractivity contribution is 5.63. The maximum absolute atomic E-state index is 11.8. The average Bonchev–Trinajstić information content (AvgIpc) is 2.67. The number of hydrogen-bond acceptors (Lipinski definition) is 4. The Morgan fingerprint density at radius 1 is 1.53 bits per heavy atom. The molecule has 0 aliphatic carbocycles. The van der Waals surface area contributed by atoms with Crippen molar-refractivity contribution in [1.82, 2.24) is 14.5 Å². The second kappa shape index (κ2) is 4.42. The second-order valence-corrected chi connectivity index (χ2v) is 3.74. The highest BCUT2D eigenvalue weighted by Gasteiger charge is 2.18. The monoisotopic (exact) mass is 231 g/mol. The maximum Gasteiger partial charge on any atom is 0.422 e. The normalized spacial score (nSPS) is 10.9. The van der Waals surface area contributed by atoms with E-state index in [0.29, 0.717) is 11.3 Å². The lowest BCUT2D eigenvalue weighted by molar-refractivity contribution is 0.418. The van der Waals surface area contributed by atoms with Crippen molar-refractivity contribution in [3.05, 3.63) is 22.4 Å². The Kier molecular flexibility index (Phi) is 2.96. The Balaban J connectivity index is 2.73. The first kappa shape index (κ1) is 11.4. The lowest BCUT2D eigenvalue weighted by Crippen LogP contribution is -2.20. The Hall–Kier alpha value is -2.09. The summed E-state index contributed by atoms with van der Waals surface area (Å²) in [6, 6.07) is 0.0612. The van der Waals surface area contributed by atoms with Crippen LogP contribution in [0, 0.1) is 12.3 Å². The van der Waals surface area contributed by atoms with Crippen LogP contribution >= 0.6 is 0 Å². The third-order valence-electron chi connectivity index (χ3n) is 2.79. The molecule has 2 aromatic rings. The number of hydrogen-bond donors (Lipinski definition) is 0. The molecule has 0 aliphatic heterocycles. The number of rotatable bonds is 3. The molecule has 0 amide bonds. The third-order valence-corrected chi connectivity index (χ3v) is 2.79. The van der Waals surface area contributed by atoms with E-state index in [9.17, 15) is 4.79 Å². The van der Waals surface area contributed by atoms with Crippen molar-refractivity contribution in [2.75, 3.05) is 0 Å². The standard InChI is InChI=1S/C12H13N3O2/c1-4-8-7-13-11-10(14-8)15(12(16)17-11)9(5-2)6-3/h1,7,9H,5-6H2,2-3H3. The van der Waals surface area contributed by atoms with E-state index in [2.05, 4.69) is 15.9 Å². The summed E-state index contributed by atoms with van der Waals surface area (Å²) < 4.78 is 6.58. The predicted molar refractivity (Wildman–Crippen MR) is 63.6 cm³/mol. The Morgan fingerprint density at radius 3 is 2.82 bits per heavy atom. The molecule has 17 heavy (non-hydrogen) atoms. The molecule has 0 saturated heterocycles. The molecular formula is C12H13N3O2. The molecule has 88 valence electrons. The third kappa shape index (κ3) is 1.82. The van der Waals surface area contributed by atoms with E-state index >= 15 is 0 Å². The SMILES string of the molecule is C#Cc1cnc2oc(=O)n(C(CC)CC)c2n1. The fourth-order valence-corrected chi connectivity index (χ4v) is 1.86. The van der Waals surface area contributed by atoms with Crippen LogP contribution in [0.3, 0.4) is 0 Å². The fourth-order valence-electron chi connectivity index (χ4n) is 1.86. The van der Waals surface area contributed by atoms with Gasteiger partial charge in [0.2, 0.25) is 5.65 Å². The van der Waals surface area contributed by atoms with Crippen LogP contribution in [0.15, 0.2) is 15.4 Å². The van der Waals surface area contributed by atoms with Crippen LogP contribution in [0.2, 0.25) is 0 Å². The zero-order chi connectivity index (χ0) is 12.4. The topological polar surface area (TPSA) is 60.9 Å². The minimum atomic E-state index is -0.428. The van der Waals surface area contributed by atoms with Gasteiger partial charge in [0, 0.05) is 6.04 Å². The molecule has 5 nitrogen and oxygen atoms in total. The van der Waals surface area contributed by atoms with E-state index in [1.807, 2.05) is 13.8 Å². The second-order valence-electron chi connectivity index (χ2n) is 3.74. The van der Waals surface area contributed by atoms with Gasteiger partial charge in [-0.3, -0.25) is 4.57 Å². The lowest BCUT2D eigenvalue weighted by Gasteiger charge is -2.12. The minimum absolute atomic E-state index is 0.0612. The first-order valence-corrected chi connectivity index (χ1v) is 5.55. The predicted octanol–water partition coefficient (Wildman–Crippen LogP) is 1.73. The van der Waals surface area contributed by atoms with Crippen LogP contribution < -0.4 is 5.76 Å². The van der Waals surface area contributed by atoms with Gasteiger partial charge in [0.25, 0.3) is 5.71 Å². The van der Waals surface area contributed by atoms with Crippen molar-refractivity contribution in [2.24, 2.45) is 0 Å². The molecule has 0 atom stereocenters. The van der Waals surface area contributed by atoms with Crippen LogP contribution in [0.5, 0.6) is 0 Å². The van der Waals surface area contributed by atoms with E-state index in [1.54, 1.807) is 0 Å². The van der Waals surface area contributed by atoms with Gasteiger partial charge in [0.1, 0.15) is 5.69 Å². The van der Waals surface area contributed by atoms with Gasteiger partial charge in [-0.25, -0.2) is 14.8 Å². The maximum atomic E-state index is 11.8. The summed E-state index contributed by atoms with van der Waals surface area (Å²) in [5.74, 6) is 1.97. The van der Waals surface area contributed by atoms with Crippen molar-refractivity contribution >= 4 is 11.4 Å². The summed E-state index contributed by atoms with van der Waals surface area (Å²) in [4.78, 5) is 20.0. The molecule has 2 rings (SSSR count). The highest BCUT2D eigenvalue weighted by atomic mass is 16.4. The molecule has 0 aliphatic rings. The minimum Gasteiger partial charge on any atom is -0.387 e. The van der Waals surface area contributed by atoms with Gasteiger partial charge in [0.15, 0.2) is 0 Å². The summed E-state index contributed by atoms with van der Waals surface area (Å²) in [6.45, 7) is 4.02. The van der Waals surface area contributed by atoms with Crippen LogP contribution in [0.25, 0.3) is 11.4 Å². The lowest BCUT2D eigenvalue weighted by atomic mass is 10.2. The smallest absolute Gasteiger partial charge is 0.387 e. The molecule has 0 saturated carbocycles. The molecule has 0 radical (unpaired) electrons. The zero-order valence-electron chi connectivity index (χ0n) is 9.80. The van der Waals surface area contributed by atoms with Crippen LogP contribution in [-0.2, 0) is 0 Å². The number of nitrogens with zero attached hydrogens (tertiary/aromatic N) is 3. The Labute approximate surface area is 98.5 Å². The number of aromatic nitrogens is 3. The zero-order valence-corrected chi connectivity index (χ0v) is 9.80. The van der Waals surface area contributed by atoms with Gasteiger partial charge < -0.3 is 4.42 Å².